The van der Waals surface area contributed by atoms with Crippen molar-refractivity contribution < 1.29 is 41.5 Å². The first-order chi connectivity index (χ1) is 14.6. The second-order valence-electron chi connectivity index (χ2n) is 6.76. The molecular weight excluding hydrogens is 430 g/mol. The van der Waals surface area contributed by atoms with E-state index in [0.717, 1.165) is 12.3 Å². The van der Waals surface area contributed by atoms with Crippen LogP contribution in [0, 0.1) is 0 Å². The van der Waals surface area contributed by atoms with Gasteiger partial charge in [-0.1, -0.05) is 5.16 Å². The summed E-state index contributed by atoms with van der Waals surface area (Å²) in [5.74, 6) is -2.54. The Labute approximate surface area is 172 Å². The lowest BCUT2D eigenvalue weighted by Crippen LogP contribution is -2.47. The highest BCUT2D eigenvalue weighted by Crippen LogP contribution is 2.30. The van der Waals surface area contributed by atoms with Crippen LogP contribution in [0.2, 0.25) is 0 Å². The first kappa shape index (κ1) is 22.4. The number of carbonyl (C=O) groups is 2. The molecule has 0 saturated carbocycles. The number of hydrogen-bond acceptors (Lipinski definition) is 8. The number of nitrogens with zero attached hydrogens (tertiary/aromatic N) is 3. The minimum Gasteiger partial charge on any atom is -0.476 e. The summed E-state index contributed by atoms with van der Waals surface area (Å²) in [5.41, 5.74) is -3.56. The second kappa shape index (κ2) is 8.83. The van der Waals surface area contributed by atoms with E-state index in [4.69, 9.17) is 14.4 Å². The summed E-state index contributed by atoms with van der Waals surface area (Å²) < 4.78 is 63.5. The fourth-order valence-corrected chi connectivity index (χ4v) is 2.84. The van der Waals surface area contributed by atoms with E-state index < -0.39 is 53.0 Å². The zero-order valence-corrected chi connectivity index (χ0v) is 15.8. The third-order valence-corrected chi connectivity index (χ3v) is 4.48. The Balaban J connectivity index is 1.82. The molecule has 1 unspecified atom stereocenters. The lowest BCUT2D eigenvalue weighted by Gasteiger charge is -2.30. The number of halogens is 4. The number of alkyl halides is 4. The summed E-state index contributed by atoms with van der Waals surface area (Å²) in [6.45, 7) is 0.453. The van der Waals surface area contributed by atoms with E-state index in [9.17, 15) is 27.2 Å². The molecule has 1 fully saturated rings. The number of amides is 1. The van der Waals surface area contributed by atoms with Gasteiger partial charge in [0.1, 0.15) is 11.4 Å². The predicted octanol–water partition coefficient (Wildman–Crippen LogP) is 2.09. The van der Waals surface area contributed by atoms with E-state index >= 15 is 0 Å². The molecule has 3 rings (SSSR count). The molecule has 2 aromatic rings. The lowest BCUT2D eigenvalue weighted by molar-refractivity contribution is -0.141. The quantitative estimate of drug-likeness (QED) is 0.568. The number of carboxylic acids is 1. The molecule has 0 bridgehead atoms. The molecule has 0 aromatic carbocycles. The summed E-state index contributed by atoms with van der Waals surface area (Å²) >= 11 is 0. The molecular formula is C17H17F4N5O5. The van der Waals surface area contributed by atoms with Crippen LogP contribution in [0.5, 0.6) is 0 Å². The van der Waals surface area contributed by atoms with Crippen molar-refractivity contribution in [2.75, 3.05) is 19.6 Å². The Morgan fingerprint density at radius 3 is 2.68 bits per heavy atom. The van der Waals surface area contributed by atoms with Crippen LogP contribution in [0.4, 0.5) is 22.4 Å². The molecule has 1 aliphatic heterocycles. The largest absolute Gasteiger partial charge is 0.476 e. The first-order valence-electron chi connectivity index (χ1n) is 9.01. The third kappa shape index (κ3) is 5.65. The smallest absolute Gasteiger partial charge is 0.433 e. The zero-order chi connectivity index (χ0) is 22.6. The van der Waals surface area contributed by atoms with Gasteiger partial charge in [0.05, 0.1) is 6.54 Å². The van der Waals surface area contributed by atoms with E-state index in [-0.39, 0.29) is 19.4 Å². The number of carbonyl (C=O) groups excluding carboxylic acids is 1. The Morgan fingerprint density at radius 2 is 2.06 bits per heavy atom. The highest BCUT2D eigenvalue weighted by molar-refractivity contribution is 5.85. The molecule has 168 valence electrons. The van der Waals surface area contributed by atoms with Crippen LogP contribution in [0.1, 0.15) is 46.7 Å². The van der Waals surface area contributed by atoms with Gasteiger partial charge in [-0.2, -0.15) is 13.2 Å². The maximum Gasteiger partial charge on any atom is 0.433 e. The van der Waals surface area contributed by atoms with Crippen molar-refractivity contribution in [2.24, 2.45) is 0 Å². The predicted molar refractivity (Wildman–Crippen MR) is 92.8 cm³/mol. The number of ether oxygens (including phenoxy) is 1. The summed E-state index contributed by atoms with van der Waals surface area (Å²) in [5, 5.41) is 17.4. The number of rotatable bonds is 6. The standard InChI is InChI=1S/C17H17F4N5O5/c18-16(2-5-22-6-3-16)8-24-15(29)30-12(10-7-9(14(27)28)26-31-10)13-23-4-1-11(25-13)17(19,20)21/h1,4,7,12,22H,2-3,5-6,8H2,(H,24,29)(H,27,28). The molecule has 1 saturated heterocycles. The van der Waals surface area contributed by atoms with Gasteiger partial charge in [-0.3, -0.25) is 0 Å². The second-order valence-corrected chi connectivity index (χ2v) is 6.76. The fourth-order valence-electron chi connectivity index (χ4n) is 2.84. The molecule has 3 heterocycles. The number of aromatic carboxylic acids is 1. The molecule has 1 aliphatic rings. The molecule has 2 aromatic heterocycles. The molecule has 1 amide bonds. The van der Waals surface area contributed by atoms with Gasteiger partial charge in [0.25, 0.3) is 0 Å². The van der Waals surface area contributed by atoms with Crippen LogP contribution < -0.4 is 10.6 Å². The number of alkyl carbamates (subject to hydrolysis) is 1. The summed E-state index contributed by atoms with van der Waals surface area (Å²) in [4.78, 5) is 30.3. The van der Waals surface area contributed by atoms with Gasteiger partial charge in [-0.15, -0.1) is 0 Å². The Bertz CT molecular complexity index is 945. The minimum atomic E-state index is -4.81. The number of piperidine rings is 1. The number of aromatic nitrogens is 3. The van der Waals surface area contributed by atoms with Gasteiger partial charge in [-0.05, 0) is 32.0 Å². The van der Waals surface area contributed by atoms with Crippen molar-refractivity contribution in [3.63, 3.8) is 0 Å². The van der Waals surface area contributed by atoms with E-state index in [1.807, 2.05) is 0 Å². The van der Waals surface area contributed by atoms with Gasteiger partial charge in [0.2, 0.25) is 6.10 Å². The van der Waals surface area contributed by atoms with Gasteiger partial charge < -0.3 is 25.0 Å². The molecule has 0 radical (unpaired) electrons. The Hall–Kier alpha value is -3.29. The number of nitrogens with one attached hydrogen (secondary N) is 2. The fraction of sp³-hybridized carbons (Fsp3) is 0.471. The van der Waals surface area contributed by atoms with Crippen LogP contribution >= 0.6 is 0 Å². The van der Waals surface area contributed by atoms with Crippen LogP contribution in [0.25, 0.3) is 0 Å². The van der Waals surface area contributed by atoms with E-state index in [1.54, 1.807) is 0 Å². The van der Waals surface area contributed by atoms with Crippen LogP contribution in [-0.2, 0) is 10.9 Å². The normalized spacial score (nSPS) is 17.0. The van der Waals surface area contributed by atoms with Crippen LogP contribution in [-0.4, -0.2) is 57.6 Å². The van der Waals surface area contributed by atoms with E-state index in [1.165, 1.54) is 0 Å². The molecule has 0 spiro atoms. The zero-order valence-electron chi connectivity index (χ0n) is 15.8. The topological polar surface area (TPSA) is 139 Å². The molecule has 3 N–H and O–H groups in total. The summed E-state index contributed by atoms with van der Waals surface area (Å²) in [7, 11) is 0. The molecule has 14 heteroatoms. The third-order valence-electron chi connectivity index (χ3n) is 4.48. The molecule has 31 heavy (non-hydrogen) atoms. The van der Waals surface area contributed by atoms with Gasteiger partial charge in [0, 0.05) is 12.3 Å². The summed E-state index contributed by atoms with van der Waals surface area (Å²) in [6.07, 6.45) is -6.66. The average molecular weight is 447 g/mol. The maximum absolute atomic E-state index is 14.6. The average Bonchev–Trinajstić information content (AvgIpc) is 3.21. The minimum absolute atomic E-state index is 0.150. The van der Waals surface area contributed by atoms with Crippen molar-refractivity contribution in [1.29, 1.82) is 0 Å². The monoisotopic (exact) mass is 447 g/mol. The van der Waals surface area contributed by atoms with Crippen molar-refractivity contribution in [3.8, 4) is 0 Å². The van der Waals surface area contributed by atoms with Crippen LogP contribution in [0.3, 0.4) is 0 Å². The van der Waals surface area contributed by atoms with Crippen molar-refractivity contribution in [2.45, 2.75) is 30.8 Å². The van der Waals surface area contributed by atoms with Gasteiger partial charge >= 0.3 is 18.2 Å². The number of hydrogen-bond donors (Lipinski definition) is 3. The van der Waals surface area contributed by atoms with Gasteiger partial charge in [-0.25, -0.2) is 23.9 Å². The Kier molecular flexibility index (Phi) is 6.38. The molecule has 10 nitrogen and oxygen atoms in total. The maximum atomic E-state index is 14.6. The first-order valence-corrected chi connectivity index (χ1v) is 9.01. The van der Waals surface area contributed by atoms with Gasteiger partial charge in [0.15, 0.2) is 17.3 Å². The summed E-state index contributed by atoms with van der Waals surface area (Å²) in [6, 6.07) is 1.46. The molecule has 0 aliphatic carbocycles. The van der Waals surface area contributed by atoms with Crippen molar-refractivity contribution in [1.82, 2.24) is 25.8 Å². The van der Waals surface area contributed by atoms with Crippen molar-refractivity contribution >= 4 is 12.1 Å². The number of carboxylic acid groups (broad SMARTS) is 1. The Morgan fingerprint density at radius 1 is 1.35 bits per heavy atom. The lowest BCUT2D eigenvalue weighted by atomic mass is 9.94. The highest BCUT2D eigenvalue weighted by atomic mass is 19.4. The molecule has 1 atom stereocenters. The van der Waals surface area contributed by atoms with E-state index in [2.05, 4.69) is 25.8 Å². The highest BCUT2D eigenvalue weighted by Gasteiger charge is 2.36. The van der Waals surface area contributed by atoms with Crippen molar-refractivity contribution in [3.05, 3.63) is 41.3 Å². The van der Waals surface area contributed by atoms with E-state index in [0.29, 0.717) is 19.2 Å². The van der Waals surface area contributed by atoms with Crippen LogP contribution in [0.15, 0.2) is 22.9 Å². The SMILES string of the molecule is O=C(NCC1(F)CCNCC1)OC(c1nccc(C(F)(F)F)n1)c1cc(C(=O)O)no1.